The number of carbonyl (C=O) groups is 1. The molecule has 158 valence electrons. The first-order valence-corrected chi connectivity index (χ1v) is 11.4. The van der Waals surface area contributed by atoms with Gasteiger partial charge in [-0.3, -0.25) is 9.78 Å². The van der Waals surface area contributed by atoms with Crippen molar-refractivity contribution in [2.45, 2.75) is 73.1 Å². The highest BCUT2D eigenvalue weighted by Crippen LogP contribution is 2.34. The molecule has 0 aliphatic heterocycles. The molecule has 1 heterocycles. The highest BCUT2D eigenvalue weighted by molar-refractivity contribution is 9.10. The first-order valence-electron chi connectivity index (χ1n) is 10.7. The summed E-state index contributed by atoms with van der Waals surface area (Å²) in [6.45, 7) is 10.8. The first kappa shape index (κ1) is 23.4. The molecular weight excluding hydrogens is 428 g/mol. The quantitative estimate of drug-likeness (QED) is 0.396. The molecule has 0 saturated carbocycles. The van der Waals surface area contributed by atoms with Gasteiger partial charge in [0.15, 0.2) is 0 Å². The highest BCUT2D eigenvalue weighted by Gasteiger charge is 2.23. The minimum Gasteiger partial charge on any atom is -0.491 e. The van der Waals surface area contributed by atoms with Gasteiger partial charge in [0.2, 0.25) is 0 Å². The van der Waals surface area contributed by atoms with Crippen LogP contribution in [0.3, 0.4) is 0 Å². The molecule has 1 amide bonds. The number of nitrogens with zero attached hydrogens (tertiary/aromatic N) is 1. The van der Waals surface area contributed by atoms with Crippen LogP contribution in [0.4, 0.5) is 5.69 Å². The number of halogens is 1. The van der Waals surface area contributed by atoms with Gasteiger partial charge in [0.05, 0.1) is 22.5 Å². The summed E-state index contributed by atoms with van der Waals surface area (Å²) >= 11 is 3.59. The maximum atomic E-state index is 13.3. The molecule has 0 radical (unpaired) electrons. The molecule has 0 bridgehead atoms. The van der Waals surface area contributed by atoms with E-state index in [4.69, 9.17) is 4.74 Å². The number of aryl methyl sites for hydroxylation is 4. The molecule has 2 aromatic rings. The van der Waals surface area contributed by atoms with E-state index in [1.165, 1.54) is 12.8 Å². The molecule has 29 heavy (non-hydrogen) atoms. The summed E-state index contributed by atoms with van der Waals surface area (Å²) in [5.74, 6) is 0.422. The van der Waals surface area contributed by atoms with Crippen LogP contribution in [0.2, 0.25) is 0 Å². The normalized spacial score (nSPS) is 10.8. The Hall–Kier alpha value is -1.88. The second-order valence-corrected chi connectivity index (χ2v) is 8.12. The van der Waals surface area contributed by atoms with E-state index in [-0.39, 0.29) is 5.91 Å². The Morgan fingerprint density at radius 2 is 1.69 bits per heavy atom. The minimum atomic E-state index is -0.171. The lowest BCUT2D eigenvalue weighted by molar-refractivity contribution is 0.102. The van der Waals surface area contributed by atoms with Crippen molar-refractivity contribution in [3.05, 3.63) is 50.8 Å². The van der Waals surface area contributed by atoms with Gasteiger partial charge in [0.1, 0.15) is 11.3 Å². The largest absolute Gasteiger partial charge is 0.491 e. The topological polar surface area (TPSA) is 51.2 Å². The second-order valence-electron chi connectivity index (χ2n) is 7.32. The average molecular weight is 461 g/mol. The molecule has 0 aliphatic rings. The van der Waals surface area contributed by atoms with Crippen molar-refractivity contribution in [1.29, 1.82) is 0 Å². The number of rotatable bonds is 10. The number of hydrogen-bond donors (Lipinski definition) is 1. The van der Waals surface area contributed by atoms with Gasteiger partial charge >= 0.3 is 0 Å². The summed E-state index contributed by atoms with van der Waals surface area (Å²) in [6, 6.07) is 6.18. The monoisotopic (exact) mass is 460 g/mol. The molecule has 0 aliphatic carbocycles. The number of amides is 1. The van der Waals surface area contributed by atoms with E-state index in [1.807, 2.05) is 19.9 Å². The number of ether oxygens (including phenoxy) is 1. The van der Waals surface area contributed by atoms with Crippen LogP contribution >= 0.6 is 15.9 Å². The Morgan fingerprint density at radius 3 is 2.28 bits per heavy atom. The number of pyridine rings is 1. The number of carbonyl (C=O) groups excluding carboxylic acids is 1. The van der Waals surface area contributed by atoms with Crippen molar-refractivity contribution in [3.63, 3.8) is 0 Å². The molecule has 0 saturated heterocycles. The predicted molar refractivity (Wildman–Crippen MR) is 124 cm³/mol. The Bertz CT molecular complexity index is 827. The SMILES string of the molecule is CCCCCCOc1c(Br)c(C)nc(C)c1C(=O)Nc1c(CC)cccc1CC. The van der Waals surface area contributed by atoms with E-state index in [0.717, 1.165) is 52.7 Å². The number of unbranched alkanes of at least 4 members (excludes halogenated alkanes) is 3. The number of aromatic nitrogens is 1. The fourth-order valence-electron chi connectivity index (χ4n) is 3.48. The number of hydrogen-bond acceptors (Lipinski definition) is 3. The van der Waals surface area contributed by atoms with Gasteiger partial charge in [-0.1, -0.05) is 58.2 Å². The van der Waals surface area contributed by atoms with Crippen LogP contribution in [-0.4, -0.2) is 17.5 Å². The van der Waals surface area contributed by atoms with Crippen LogP contribution < -0.4 is 10.1 Å². The smallest absolute Gasteiger partial charge is 0.261 e. The Labute approximate surface area is 183 Å². The number of anilines is 1. The first-order chi connectivity index (χ1) is 13.9. The lowest BCUT2D eigenvalue weighted by Gasteiger charge is -2.19. The molecule has 1 N–H and O–H groups in total. The third kappa shape index (κ3) is 5.81. The number of nitrogens with one attached hydrogen (secondary N) is 1. The van der Waals surface area contributed by atoms with Crippen molar-refractivity contribution < 1.29 is 9.53 Å². The van der Waals surface area contributed by atoms with Gasteiger partial charge in [-0.15, -0.1) is 0 Å². The van der Waals surface area contributed by atoms with Crippen LogP contribution in [0.1, 0.15) is 79.3 Å². The molecule has 5 heteroatoms. The van der Waals surface area contributed by atoms with E-state index in [2.05, 4.69) is 59.1 Å². The summed E-state index contributed by atoms with van der Waals surface area (Å²) in [4.78, 5) is 17.9. The van der Waals surface area contributed by atoms with Crippen molar-refractivity contribution in [3.8, 4) is 5.75 Å². The van der Waals surface area contributed by atoms with Crippen molar-refractivity contribution >= 4 is 27.5 Å². The summed E-state index contributed by atoms with van der Waals surface area (Å²) in [6.07, 6.45) is 6.20. The van der Waals surface area contributed by atoms with E-state index >= 15 is 0 Å². The Morgan fingerprint density at radius 1 is 1.03 bits per heavy atom. The fraction of sp³-hybridized carbons (Fsp3) is 0.500. The van der Waals surface area contributed by atoms with Crippen LogP contribution in [-0.2, 0) is 12.8 Å². The Kier molecular flexibility index (Phi) is 9.15. The maximum Gasteiger partial charge on any atom is 0.261 e. The van der Waals surface area contributed by atoms with Crippen LogP contribution in [0.25, 0.3) is 0 Å². The molecule has 1 aromatic carbocycles. The Balaban J connectivity index is 2.36. The van der Waals surface area contributed by atoms with E-state index in [0.29, 0.717) is 23.6 Å². The molecule has 0 unspecified atom stereocenters. The number of para-hydroxylation sites is 1. The standard InChI is InChI=1S/C24H33BrN2O2/c1-6-9-10-11-15-29-23-20(16(4)26-17(5)21(23)25)24(28)27-22-18(7-2)13-12-14-19(22)8-3/h12-14H,6-11,15H2,1-5H3,(H,27,28). The molecule has 0 spiro atoms. The summed E-state index contributed by atoms with van der Waals surface area (Å²) in [5, 5.41) is 3.16. The lowest BCUT2D eigenvalue weighted by atomic mass is 10.0. The van der Waals surface area contributed by atoms with Crippen molar-refractivity contribution in [2.24, 2.45) is 0 Å². The molecule has 0 fully saturated rings. The van der Waals surface area contributed by atoms with Gasteiger partial charge in [0.25, 0.3) is 5.91 Å². The molecule has 1 aromatic heterocycles. The van der Waals surface area contributed by atoms with Gasteiger partial charge in [-0.2, -0.15) is 0 Å². The van der Waals surface area contributed by atoms with Crippen LogP contribution in [0, 0.1) is 13.8 Å². The van der Waals surface area contributed by atoms with E-state index in [1.54, 1.807) is 0 Å². The minimum absolute atomic E-state index is 0.171. The molecule has 4 nitrogen and oxygen atoms in total. The lowest BCUT2D eigenvalue weighted by Crippen LogP contribution is -2.19. The predicted octanol–water partition coefficient (Wildman–Crippen LogP) is 6.80. The summed E-state index contributed by atoms with van der Waals surface area (Å²) in [7, 11) is 0. The molecule has 2 rings (SSSR count). The molecular formula is C24H33BrN2O2. The van der Waals surface area contributed by atoms with Crippen LogP contribution in [0.5, 0.6) is 5.75 Å². The second kappa shape index (κ2) is 11.3. The summed E-state index contributed by atoms with van der Waals surface area (Å²) in [5.41, 5.74) is 5.19. The fourth-order valence-corrected chi connectivity index (χ4v) is 3.88. The number of benzene rings is 1. The summed E-state index contributed by atoms with van der Waals surface area (Å²) < 4.78 is 6.85. The average Bonchev–Trinajstić information content (AvgIpc) is 2.71. The highest BCUT2D eigenvalue weighted by atomic mass is 79.9. The van der Waals surface area contributed by atoms with Gasteiger partial charge in [-0.05, 0) is 60.2 Å². The van der Waals surface area contributed by atoms with E-state index in [9.17, 15) is 4.79 Å². The zero-order valence-corrected chi connectivity index (χ0v) is 19.9. The van der Waals surface area contributed by atoms with Gasteiger partial charge in [-0.25, -0.2) is 0 Å². The van der Waals surface area contributed by atoms with Crippen LogP contribution in [0.15, 0.2) is 22.7 Å². The zero-order valence-electron chi connectivity index (χ0n) is 18.3. The van der Waals surface area contributed by atoms with E-state index < -0.39 is 0 Å². The third-order valence-corrected chi connectivity index (χ3v) is 6.08. The van der Waals surface area contributed by atoms with Gasteiger partial charge < -0.3 is 10.1 Å². The van der Waals surface area contributed by atoms with Crippen molar-refractivity contribution in [2.75, 3.05) is 11.9 Å². The maximum absolute atomic E-state index is 13.3. The third-order valence-electron chi connectivity index (χ3n) is 5.15. The van der Waals surface area contributed by atoms with Crippen molar-refractivity contribution in [1.82, 2.24) is 4.98 Å². The molecule has 0 atom stereocenters. The zero-order chi connectivity index (χ0) is 21.4. The van der Waals surface area contributed by atoms with Gasteiger partial charge in [0, 0.05) is 5.69 Å².